The van der Waals surface area contributed by atoms with Crippen molar-refractivity contribution in [1.29, 1.82) is 0 Å². The van der Waals surface area contributed by atoms with E-state index in [-0.39, 0.29) is 17.7 Å². The molecule has 170 valence electrons. The molecule has 4 rings (SSSR count). The van der Waals surface area contributed by atoms with Gasteiger partial charge < -0.3 is 14.6 Å². The second-order valence-corrected chi connectivity index (χ2v) is 8.85. The van der Waals surface area contributed by atoms with Crippen molar-refractivity contribution in [3.63, 3.8) is 0 Å². The van der Waals surface area contributed by atoms with Gasteiger partial charge >= 0.3 is 0 Å². The molecule has 7 heteroatoms. The Morgan fingerprint density at radius 2 is 1.75 bits per heavy atom. The fraction of sp³-hybridized carbons (Fsp3) is 0.480. The average molecular weight is 438 g/mol. The van der Waals surface area contributed by atoms with Crippen molar-refractivity contribution in [3.05, 3.63) is 60.1 Å². The Kier molecular flexibility index (Phi) is 7.37. The van der Waals surface area contributed by atoms with E-state index in [4.69, 9.17) is 4.42 Å². The van der Waals surface area contributed by atoms with Gasteiger partial charge in [0, 0.05) is 45.2 Å². The van der Waals surface area contributed by atoms with Gasteiger partial charge in [-0.05, 0) is 49.3 Å². The van der Waals surface area contributed by atoms with Gasteiger partial charge in [0.05, 0.1) is 6.26 Å². The van der Waals surface area contributed by atoms with E-state index in [0.29, 0.717) is 25.4 Å². The van der Waals surface area contributed by atoms with Crippen molar-refractivity contribution in [1.82, 2.24) is 15.1 Å². The fourth-order valence-electron chi connectivity index (χ4n) is 4.65. The minimum Gasteiger partial charge on any atom is -0.461 e. The molecule has 2 amide bonds. The van der Waals surface area contributed by atoms with E-state index in [0.717, 1.165) is 45.3 Å². The molecule has 2 aliphatic heterocycles. The lowest BCUT2D eigenvalue weighted by Crippen LogP contribution is -2.42. The van der Waals surface area contributed by atoms with Crippen LogP contribution in [0.15, 0.2) is 53.1 Å². The van der Waals surface area contributed by atoms with Crippen molar-refractivity contribution in [3.8, 4) is 0 Å². The molecular formula is C25H31N3O4. The molecule has 0 spiro atoms. The lowest BCUT2D eigenvalue weighted by atomic mass is 9.91. The molecule has 1 aromatic carbocycles. The lowest BCUT2D eigenvalue weighted by Gasteiger charge is -2.31. The molecule has 1 aromatic heterocycles. The average Bonchev–Trinajstić information content (AvgIpc) is 3.50. The maximum atomic E-state index is 12.5. The number of carbonyl (C=O) groups is 3. The van der Waals surface area contributed by atoms with E-state index >= 15 is 0 Å². The lowest BCUT2D eigenvalue weighted by molar-refractivity contribution is -0.128. The van der Waals surface area contributed by atoms with Gasteiger partial charge in [0.2, 0.25) is 5.91 Å². The molecule has 1 atom stereocenters. The highest BCUT2D eigenvalue weighted by molar-refractivity contribution is 6.41. The van der Waals surface area contributed by atoms with Crippen molar-refractivity contribution in [2.45, 2.75) is 44.7 Å². The molecule has 0 unspecified atom stereocenters. The summed E-state index contributed by atoms with van der Waals surface area (Å²) in [5.41, 5.74) is 1.30. The smallest absolute Gasteiger partial charge is 0.298 e. The van der Waals surface area contributed by atoms with Gasteiger partial charge in [-0.2, -0.15) is 0 Å². The number of ketones is 1. The Labute approximate surface area is 188 Å². The van der Waals surface area contributed by atoms with Gasteiger partial charge in [0.15, 0.2) is 5.76 Å². The second kappa shape index (κ2) is 10.6. The molecular weight excluding hydrogens is 406 g/mol. The molecule has 0 aliphatic carbocycles. The van der Waals surface area contributed by atoms with Crippen LogP contribution in [-0.4, -0.2) is 59.6 Å². The number of piperidine rings is 1. The van der Waals surface area contributed by atoms with E-state index < -0.39 is 11.7 Å². The molecule has 0 radical (unpaired) electrons. The number of nitrogens with zero attached hydrogens (tertiary/aromatic N) is 2. The summed E-state index contributed by atoms with van der Waals surface area (Å²) in [5, 5.41) is 3.19. The Hall–Kier alpha value is -2.93. The van der Waals surface area contributed by atoms with Crippen LogP contribution < -0.4 is 5.32 Å². The SMILES string of the molecule is O=C(CCC1CCN(C(=O)C(=O)c2ccco2)CC1)N[C@H]1CCN(Cc2ccccc2)C1. The largest absolute Gasteiger partial charge is 0.461 e. The predicted molar refractivity (Wildman–Crippen MR) is 120 cm³/mol. The molecule has 32 heavy (non-hydrogen) atoms. The molecule has 7 nitrogen and oxygen atoms in total. The number of rotatable bonds is 8. The van der Waals surface area contributed by atoms with Gasteiger partial charge in [-0.15, -0.1) is 0 Å². The fourth-order valence-corrected chi connectivity index (χ4v) is 4.65. The zero-order valence-electron chi connectivity index (χ0n) is 18.4. The minimum absolute atomic E-state index is 0.0861. The minimum atomic E-state index is -0.592. The number of carbonyl (C=O) groups excluding carboxylic acids is 3. The van der Waals surface area contributed by atoms with E-state index in [1.165, 1.54) is 17.9 Å². The molecule has 0 saturated carbocycles. The Morgan fingerprint density at radius 3 is 2.47 bits per heavy atom. The Bertz CT molecular complexity index is 905. The van der Waals surface area contributed by atoms with Crippen molar-refractivity contribution < 1.29 is 18.8 Å². The standard InChI is InChI=1S/C25H31N3O4/c29-23(26-21-12-13-27(18-21)17-20-5-2-1-3-6-20)9-8-19-10-14-28(15-11-19)25(31)24(30)22-7-4-16-32-22/h1-7,16,19,21H,8-15,17-18H2,(H,26,29)/t21-/m0/s1. The highest BCUT2D eigenvalue weighted by Crippen LogP contribution is 2.23. The number of hydrogen-bond acceptors (Lipinski definition) is 5. The van der Waals surface area contributed by atoms with E-state index in [1.807, 2.05) is 6.07 Å². The van der Waals surface area contributed by atoms with Gasteiger partial charge in [0.25, 0.3) is 11.7 Å². The third-order valence-corrected chi connectivity index (χ3v) is 6.51. The van der Waals surface area contributed by atoms with E-state index in [1.54, 1.807) is 11.0 Å². The maximum Gasteiger partial charge on any atom is 0.298 e. The maximum absolute atomic E-state index is 12.5. The van der Waals surface area contributed by atoms with Crippen molar-refractivity contribution in [2.24, 2.45) is 5.92 Å². The van der Waals surface area contributed by atoms with Gasteiger partial charge in [-0.3, -0.25) is 19.3 Å². The molecule has 2 fully saturated rings. The molecule has 0 bridgehead atoms. The Balaban J connectivity index is 1.13. The molecule has 1 N–H and O–H groups in total. The summed E-state index contributed by atoms with van der Waals surface area (Å²) in [4.78, 5) is 40.9. The van der Waals surface area contributed by atoms with Crippen LogP contribution in [0, 0.1) is 5.92 Å². The summed E-state index contributed by atoms with van der Waals surface area (Å²) in [6.07, 6.45) is 5.35. The van der Waals surface area contributed by atoms with Crippen molar-refractivity contribution >= 4 is 17.6 Å². The first-order valence-electron chi connectivity index (χ1n) is 11.5. The van der Waals surface area contributed by atoms with E-state index in [2.05, 4.69) is 34.5 Å². The first kappa shape index (κ1) is 22.3. The van der Waals surface area contributed by atoms with Crippen LogP contribution in [0.1, 0.15) is 48.2 Å². The first-order chi connectivity index (χ1) is 15.6. The number of furan rings is 1. The predicted octanol–water partition coefficient (Wildman–Crippen LogP) is 2.87. The quantitative estimate of drug-likeness (QED) is 0.507. The molecule has 2 aliphatic rings. The number of benzene rings is 1. The number of nitrogens with one attached hydrogen (secondary N) is 1. The van der Waals surface area contributed by atoms with Crippen LogP contribution in [0.25, 0.3) is 0 Å². The first-order valence-corrected chi connectivity index (χ1v) is 11.5. The molecule has 3 heterocycles. The van der Waals surface area contributed by atoms with Gasteiger partial charge in [-0.25, -0.2) is 0 Å². The van der Waals surface area contributed by atoms with Crippen LogP contribution in [0.2, 0.25) is 0 Å². The summed E-state index contributed by atoms with van der Waals surface area (Å²) < 4.78 is 5.04. The van der Waals surface area contributed by atoms with E-state index in [9.17, 15) is 14.4 Å². The summed E-state index contributed by atoms with van der Waals surface area (Å²) in [6.45, 7) is 3.92. The van der Waals surface area contributed by atoms with Crippen LogP contribution in [0.4, 0.5) is 0 Å². The van der Waals surface area contributed by atoms with Gasteiger partial charge in [0.1, 0.15) is 0 Å². The van der Waals surface area contributed by atoms with Gasteiger partial charge in [-0.1, -0.05) is 30.3 Å². The van der Waals surface area contributed by atoms with Crippen LogP contribution in [0.3, 0.4) is 0 Å². The molecule has 2 saturated heterocycles. The topological polar surface area (TPSA) is 82.9 Å². The zero-order chi connectivity index (χ0) is 22.3. The number of hydrogen-bond donors (Lipinski definition) is 1. The highest BCUT2D eigenvalue weighted by atomic mass is 16.3. The summed E-state index contributed by atoms with van der Waals surface area (Å²) in [6, 6.07) is 13.7. The molecule has 2 aromatic rings. The second-order valence-electron chi connectivity index (χ2n) is 8.85. The zero-order valence-corrected chi connectivity index (χ0v) is 18.4. The summed E-state index contributed by atoms with van der Waals surface area (Å²) in [7, 11) is 0. The van der Waals surface area contributed by atoms with Crippen LogP contribution in [0.5, 0.6) is 0 Å². The highest BCUT2D eigenvalue weighted by Gasteiger charge is 2.29. The normalized spacial score (nSPS) is 19.8. The monoisotopic (exact) mass is 437 g/mol. The van der Waals surface area contributed by atoms with Crippen LogP contribution in [-0.2, 0) is 16.1 Å². The third-order valence-electron chi connectivity index (χ3n) is 6.51. The number of likely N-dealkylation sites (tertiary alicyclic amines) is 2. The summed E-state index contributed by atoms with van der Waals surface area (Å²) in [5.74, 6) is -0.490. The summed E-state index contributed by atoms with van der Waals surface area (Å²) >= 11 is 0. The Morgan fingerprint density at radius 1 is 0.969 bits per heavy atom. The number of Topliss-reactive ketones (excluding diaryl/α,β-unsaturated/α-hetero) is 1. The van der Waals surface area contributed by atoms with Crippen molar-refractivity contribution in [2.75, 3.05) is 26.2 Å². The third kappa shape index (κ3) is 5.85. The van der Waals surface area contributed by atoms with Crippen LogP contribution >= 0.6 is 0 Å². The number of amides is 2.